The van der Waals surface area contributed by atoms with E-state index in [0.717, 1.165) is 12.8 Å². The molecule has 0 saturated carbocycles. The van der Waals surface area contributed by atoms with Gasteiger partial charge in [-0.05, 0) is 47.4 Å². The van der Waals surface area contributed by atoms with Gasteiger partial charge in [-0.25, -0.2) is 0 Å². The van der Waals surface area contributed by atoms with E-state index in [1.807, 2.05) is 11.4 Å². The molecule has 2 aromatic rings. The summed E-state index contributed by atoms with van der Waals surface area (Å²) in [5, 5.41) is 18.4. The normalized spacial score (nSPS) is 15.7. The van der Waals surface area contributed by atoms with Crippen LogP contribution < -0.4 is 10.6 Å². The second kappa shape index (κ2) is 8.13. The molecule has 0 aliphatic carbocycles. The Hall–Kier alpha value is -2.69. The maximum absolute atomic E-state index is 12.3. The number of hydrogen-bond donors (Lipinski definition) is 2. The fourth-order valence-electron chi connectivity index (χ4n) is 3.09. The largest absolute Gasteiger partial charge is 0.381 e. The number of amides is 2. The number of rotatable bonds is 4. The third-order valence-electron chi connectivity index (χ3n) is 4.67. The molecule has 3 rings (SSSR count). The number of benzene rings is 1. The minimum atomic E-state index is -0.778. The third kappa shape index (κ3) is 3.93. The Labute approximate surface area is 155 Å². The van der Waals surface area contributed by atoms with E-state index in [4.69, 9.17) is 10.00 Å². The minimum Gasteiger partial charge on any atom is -0.381 e. The van der Waals surface area contributed by atoms with E-state index in [0.29, 0.717) is 31.0 Å². The Bertz CT molecular complexity index is 821. The van der Waals surface area contributed by atoms with Crippen LogP contribution in [0.4, 0.5) is 5.69 Å². The molecular weight excluding hydrogens is 350 g/mol. The van der Waals surface area contributed by atoms with Gasteiger partial charge in [-0.2, -0.15) is 16.6 Å². The number of nitriles is 1. The average molecular weight is 369 g/mol. The molecule has 1 aliphatic rings. The number of nitrogens with one attached hydrogen (secondary N) is 2. The van der Waals surface area contributed by atoms with Crippen molar-refractivity contribution < 1.29 is 14.3 Å². The van der Waals surface area contributed by atoms with Crippen LogP contribution in [0.15, 0.2) is 41.1 Å². The number of carbonyl (C=O) groups excluding carboxylic acids is 2. The van der Waals surface area contributed by atoms with Gasteiger partial charge in [0.1, 0.15) is 6.07 Å². The zero-order valence-electron chi connectivity index (χ0n) is 14.2. The van der Waals surface area contributed by atoms with Crippen LogP contribution in [-0.4, -0.2) is 31.6 Å². The number of hydrogen-bond acceptors (Lipinski definition) is 5. The molecule has 6 nitrogen and oxygen atoms in total. The molecule has 26 heavy (non-hydrogen) atoms. The lowest BCUT2D eigenvalue weighted by Gasteiger charge is -2.37. The molecule has 0 spiro atoms. The van der Waals surface area contributed by atoms with E-state index < -0.39 is 11.8 Å². The first-order valence-corrected chi connectivity index (χ1v) is 9.28. The number of thiophene rings is 1. The third-order valence-corrected chi connectivity index (χ3v) is 5.36. The van der Waals surface area contributed by atoms with Gasteiger partial charge in [0.2, 0.25) is 0 Å². The van der Waals surface area contributed by atoms with Crippen LogP contribution in [0.1, 0.15) is 24.0 Å². The van der Waals surface area contributed by atoms with Crippen molar-refractivity contribution in [2.75, 3.05) is 25.1 Å². The van der Waals surface area contributed by atoms with Gasteiger partial charge in [-0.3, -0.25) is 9.59 Å². The second-order valence-corrected chi connectivity index (χ2v) is 6.98. The van der Waals surface area contributed by atoms with Crippen LogP contribution in [0.2, 0.25) is 0 Å². The Morgan fingerprint density at radius 2 is 1.96 bits per heavy atom. The van der Waals surface area contributed by atoms with Crippen molar-refractivity contribution in [1.29, 1.82) is 5.26 Å². The van der Waals surface area contributed by atoms with E-state index in [2.05, 4.69) is 22.1 Å². The summed E-state index contributed by atoms with van der Waals surface area (Å²) in [6.07, 6.45) is 1.59. The van der Waals surface area contributed by atoms with Gasteiger partial charge in [0, 0.05) is 25.2 Å². The number of ether oxygens (including phenoxy) is 1. The Balaban J connectivity index is 1.65. The monoisotopic (exact) mass is 369 g/mol. The van der Waals surface area contributed by atoms with Crippen LogP contribution in [0, 0.1) is 11.3 Å². The first-order chi connectivity index (χ1) is 12.6. The van der Waals surface area contributed by atoms with Crippen molar-refractivity contribution in [1.82, 2.24) is 5.32 Å². The van der Waals surface area contributed by atoms with Crippen molar-refractivity contribution >= 4 is 28.8 Å². The summed E-state index contributed by atoms with van der Waals surface area (Å²) < 4.78 is 5.46. The van der Waals surface area contributed by atoms with Gasteiger partial charge in [0.15, 0.2) is 0 Å². The highest BCUT2D eigenvalue weighted by Gasteiger charge is 2.35. The Morgan fingerprint density at radius 3 is 2.65 bits per heavy atom. The van der Waals surface area contributed by atoms with Gasteiger partial charge in [0.25, 0.3) is 0 Å². The molecule has 2 amide bonds. The van der Waals surface area contributed by atoms with Crippen molar-refractivity contribution in [3.05, 3.63) is 52.2 Å². The van der Waals surface area contributed by atoms with Gasteiger partial charge < -0.3 is 15.4 Å². The van der Waals surface area contributed by atoms with E-state index >= 15 is 0 Å². The van der Waals surface area contributed by atoms with Crippen LogP contribution in [0.5, 0.6) is 0 Å². The predicted octanol–water partition coefficient (Wildman–Crippen LogP) is 2.42. The zero-order valence-corrected chi connectivity index (χ0v) is 15.0. The predicted molar refractivity (Wildman–Crippen MR) is 98.8 cm³/mol. The summed E-state index contributed by atoms with van der Waals surface area (Å²) in [7, 11) is 0. The summed E-state index contributed by atoms with van der Waals surface area (Å²) in [5.74, 6) is -1.49. The van der Waals surface area contributed by atoms with E-state index in [-0.39, 0.29) is 5.41 Å². The lowest BCUT2D eigenvalue weighted by Crippen LogP contribution is -2.47. The highest BCUT2D eigenvalue weighted by molar-refractivity contribution is 7.08. The molecular formula is C19H19N3O3S. The van der Waals surface area contributed by atoms with Gasteiger partial charge >= 0.3 is 11.8 Å². The highest BCUT2D eigenvalue weighted by atomic mass is 32.1. The molecule has 0 atom stereocenters. The molecule has 134 valence electrons. The molecule has 7 heteroatoms. The molecule has 1 aromatic heterocycles. The average Bonchev–Trinajstić information content (AvgIpc) is 3.23. The molecule has 2 N–H and O–H groups in total. The lowest BCUT2D eigenvalue weighted by molar-refractivity contribution is -0.136. The van der Waals surface area contributed by atoms with Crippen LogP contribution in [-0.2, 0) is 19.7 Å². The second-order valence-electron chi connectivity index (χ2n) is 6.20. The van der Waals surface area contributed by atoms with E-state index in [1.54, 1.807) is 35.6 Å². The summed E-state index contributed by atoms with van der Waals surface area (Å²) in [6, 6.07) is 10.6. The summed E-state index contributed by atoms with van der Waals surface area (Å²) in [5.41, 5.74) is 1.60. The SMILES string of the molecule is N#Cc1ccccc1NC(=O)C(=O)NCC1(c2ccsc2)CCOCC1. The Morgan fingerprint density at radius 1 is 1.19 bits per heavy atom. The quantitative estimate of drug-likeness (QED) is 0.810. The first kappa shape index (κ1) is 18.1. The zero-order chi connectivity index (χ0) is 18.4. The molecule has 0 bridgehead atoms. The molecule has 0 unspecified atom stereocenters. The van der Waals surface area contributed by atoms with Gasteiger partial charge in [0.05, 0.1) is 11.3 Å². The maximum Gasteiger partial charge on any atom is 0.313 e. The highest BCUT2D eigenvalue weighted by Crippen LogP contribution is 2.35. The molecule has 1 aromatic carbocycles. The van der Waals surface area contributed by atoms with Crippen molar-refractivity contribution in [3.63, 3.8) is 0 Å². The van der Waals surface area contributed by atoms with Crippen molar-refractivity contribution in [3.8, 4) is 6.07 Å². The summed E-state index contributed by atoms with van der Waals surface area (Å²) in [6.45, 7) is 1.64. The summed E-state index contributed by atoms with van der Waals surface area (Å²) in [4.78, 5) is 24.5. The molecule has 1 aliphatic heterocycles. The van der Waals surface area contributed by atoms with Gasteiger partial charge in [-0.1, -0.05) is 12.1 Å². The number of para-hydroxylation sites is 1. The smallest absolute Gasteiger partial charge is 0.313 e. The standard InChI is InChI=1S/C19H19N3O3S/c20-11-14-3-1-2-4-16(14)22-18(24)17(23)21-13-19(6-8-25-9-7-19)15-5-10-26-12-15/h1-5,10,12H,6-9,13H2,(H,21,23)(H,22,24). The van der Waals surface area contributed by atoms with Gasteiger partial charge in [-0.15, -0.1) is 0 Å². The Kier molecular flexibility index (Phi) is 5.66. The first-order valence-electron chi connectivity index (χ1n) is 8.33. The van der Waals surface area contributed by atoms with Crippen molar-refractivity contribution in [2.24, 2.45) is 0 Å². The molecule has 1 saturated heterocycles. The molecule has 0 radical (unpaired) electrons. The number of nitrogens with zero attached hydrogens (tertiary/aromatic N) is 1. The lowest BCUT2D eigenvalue weighted by atomic mass is 9.75. The van der Waals surface area contributed by atoms with Crippen molar-refractivity contribution in [2.45, 2.75) is 18.3 Å². The minimum absolute atomic E-state index is 0.210. The maximum atomic E-state index is 12.3. The topological polar surface area (TPSA) is 91.2 Å². The van der Waals surface area contributed by atoms with E-state index in [1.165, 1.54) is 5.56 Å². The number of carbonyl (C=O) groups is 2. The molecule has 1 fully saturated rings. The van der Waals surface area contributed by atoms with E-state index in [9.17, 15) is 9.59 Å². The van der Waals surface area contributed by atoms with Crippen LogP contribution in [0.25, 0.3) is 0 Å². The summed E-state index contributed by atoms with van der Waals surface area (Å²) >= 11 is 1.61. The molecule has 2 heterocycles. The van der Waals surface area contributed by atoms with Crippen LogP contribution >= 0.6 is 11.3 Å². The van der Waals surface area contributed by atoms with Crippen LogP contribution in [0.3, 0.4) is 0 Å². The number of anilines is 1. The fraction of sp³-hybridized carbons (Fsp3) is 0.316. The fourth-order valence-corrected chi connectivity index (χ4v) is 3.87.